The van der Waals surface area contributed by atoms with Crippen LogP contribution in [-0.4, -0.2) is 23.5 Å². The van der Waals surface area contributed by atoms with Gasteiger partial charge in [-0.2, -0.15) is 0 Å². The van der Waals surface area contributed by atoms with E-state index in [4.69, 9.17) is 0 Å². The highest BCUT2D eigenvalue weighted by atomic mass is 16.2. The van der Waals surface area contributed by atoms with Crippen molar-refractivity contribution in [2.24, 2.45) is 0 Å². The molecule has 5 nitrogen and oxygen atoms in total. The molecule has 0 radical (unpaired) electrons. The molecule has 0 aromatic rings. The number of unbranched alkanes of at least 4 members (excludes halogenated alkanes) is 22. The summed E-state index contributed by atoms with van der Waals surface area (Å²) in [6.45, 7) is 7.21. The predicted molar refractivity (Wildman–Crippen MR) is 192 cm³/mol. The summed E-state index contributed by atoms with van der Waals surface area (Å²) in [6, 6.07) is 0. The predicted octanol–water partition coefficient (Wildman–Crippen LogP) is 11.8. The molecular formula is C39H75N3O2. The van der Waals surface area contributed by atoms with Gasteiger partial charge in [0.05, 0.1) is 0 Å². The third-order valence-corrected chi connectivity index (χ3v) is 8.30. The van der Waals surface area contributed by atoms with Gasteiger partial charge in [0.2, 0.25) is 11.8 Å². The smallest absolute Gasteiger partial charge is 0.235 e. The minimum absolute atomic E-state index is 0.00241. The Morgan fingerprint density at radius 3 is 1.02 bits per heavy atom. The van der Waals surface area contributed by atoms with Gasteiger partial charge in [0.15, 0.2) is 0 Å². The molecule has 2 N–H and O–H groups in total. The van der Waals surface area contributed by atoms with E-state index >= 15 is 0 Å². The maximum Gasteiger partial charge on any atom is 0.235 e. The SMILES string of the molecule is CCCCCCCC/C=C\CCCCCCCC(=O)NN(CCC)NC(=O)CCCCCCC/C=C\CCCCCCCC. The second-order valence-electron chi connectivity index (χ2n) is 12.9. The zero-order valence-electron chi connectivity index (χ0n) is 29.8. The lowest BCUT2D eigenvalue weighted by molar-refractivity contribution is -0.133. The number of amides is 2. The molecule has 0 bridgehead atoms. The van der Waals surface area contributed by atoms with E-state index in [9.17, 15) is 9.59 Å². The van der Waals surface area contributed by atoms with Crippen molar-refractivity contribution in [2.45, 2.75) is 207 Å². The fourth-order valence-corrected chi connectivity index (χ4v) is 5.49. The van der Waals surface area contributed by atoms with Gasteiger partial charge in [0.25, 0.3) is 0 Å². The molecule has 0 unspecified atom stereocenters. The van der Waals surface area contributed by atoms with Gasteiger partial charge < -0.3 is 0 Å². The van der Waals surface area contributed by atoms with E-state index in [0.29, 0.717) is 19.4 Å². The minimum atomic E-state index is -0.00241. The molecule has 0 aliphatic carbocycles. The molecule has 0 aliphatic rings. The van der Waals surface area contributed by atoms with Gasteiger partial charge in [0, 0.05) is 19.4 Å². The Bertz CT molecular complexity index is 622. The molecule has 0 aromatic heterocycles. The fraction of sp³-hybridized carbons (Fsp3) is 0.846. The van der Waals surface area contributed by atoms with Crippen LogP contribution in [0.25, 0.3) is 0 Å². The maximum atomic E-state index is 12.4. The lowest BCUT2D eigenvalue weighted by Crippen LogP contribution is -2.53. The summed E-state index contributed by atoms with van der Waals surface area (Å²) in [5, 5.41) is 1.60. The summed E-state index contributed by atoms with van der Waals surface area (Å²) in [6.07, 6.45) is 43.9. The molecule has 0 aromatic carbocycles. The van der Waals surface area contributed by atoms with Crippen molar-refractivity contribution in [1.82, 2.24) is 16.0 Å². The molecule has 0 saturated heterocycles. The van der Waals surface area contributed by atoms with Crippen molar-refractivity contribution in [1.29, 1.82) is 0 Å². The Labute approximate surface area is 274 Å². The van der Waals surface area contributed by atoms with Crippen molar-refractivity contribution in [3.8, 4) is 0 Å². The number of hydrazine groups is 2. The van der Waals surface area contributed by atoms with Crippen LogP contribution in [0.5, 0.6) is 0 Å². The lowest BCUT2D eigenvalue weighted by Gasteiger charge is -2.23. The van der Waals surface area contributed by atoms with Crippen molar-refractivity contribution in [3.05, 3.63) is 24.3 Å². The van der Waals surface area contributed by atoms with Gasteiger partial charge in [-0.15, -0.1) is 5.12 Å². The Morgan fingerprint density at radius 2 is 0.705 bits per heavy atom. The number of carbonyl (C=O) groups is 2. The van der Waals surface area contributed by atoms with Gasteiger partial charge >= 0.3 is 0 Å². The van der Waals surface area contributed by atoms with E-state index in [1.165, 1.54) is 141 Å². The lowest BCUT2D eigenvalue weighted by atomic mass is 10.1. The molecule has 0 rings (SSSR count). The number of hydrogen-bond donors (Lipinski definition) is 2. The topological polar surface area (TPSA) is 61.4 Å². The molecule has 0 aliphatic heterocycles. The van der Waals surface area contributed by atoms with Crippen molar-refractivity contribution < 1.29 is 9.59 Å². The highest BCUT2D eigenvalue weighted by Gasteiger charge is 2.11. The number of rotatable bonds is 34. The van der Waals surface area contributed by atoms with Crippen LogP contribution in [-0.2, 0) is 9.59 Å². The van der Waals surface area contributed by atoms with Crippen molar-refractivity contribution in [2.75, 3.05) is 6.54 Å². The molecule has 44 heavy (non-hydrogen) atoms. The Hall–Kier alpha value is -1.62. The molecular weight excluding hydrogens is 542 g/mol. The van der Waals surface area contributed by atoms with Crippen LogP contribution in [0.3, 0.4) is 0 Å². The van der Waals surface area contributed by atoms with Crippen LogP contribution in [0.2, 0.25) is 0 Å². The molecule has 5 heteroatoms. The number of nitrogens with zero attached hydrogens (tertiary/aromatic N) is 1. The molecule has 0 fully saturated rings. The molecule has 258 valence electrons. The second kappa shape index (κ2) is 35.9. The van der Waals surface area contributed by atoms with Crippen LogP contribution in [0.15, 0.2) is 24.3 Å². The molecule has 0 atom stereocenters. The number of allylic oxidation sites excluding steroid dienone is 4. The third-order valence-electron chi connectivity index (χ3n) is 8.30. The van der Waals surface area contributed by atoms with Crippen LogP contribution in [0.4, 0.5) is 0 Å². The first-order valence-corrected chi connectivity index (χ1v) is 19.3. The normalized spacial score (nSPS) is 11.7. The first-order valence-electron chi connectivity index (χ1n) is 19.3. The average Bonchev–Trinajstić information content (AvgIpc) is 3.01. The quantitative estimate of drug-likeness (QED) is 0.0429. The van der Waals surface area contributed by atoms with Crippen molar-refractivity contribution >= 4 is 11.8 Å². The van der Waals surface area contributed by atoms with Gasteiger partial charge in [-0.05, 0) is 70.6 Å². The average molecular weight is 618 g/mol. The minimum Gasteiger partial charge on any atom is -0.274 e. The van der Waals surface area contributed by atoms with Gasteiger partial charge in [-0.25, -0.2) is 0 Å². The van der Waals surface area contributed by atoms with E-state index in [-0.39, 0.29) is 11.8 Å². The standard InChI is InChI=1S/C39H75N3O2/c1-4-7-9-11-13-15-17-19-21-23-25-27-29-31-33-35-38(43)40-42(37-6-3)41-39(44)36-34-32-30-28-26-24-22-20-18-16-14-12-10-8-5-2/h19-22H,4-18,23-37H2,1-3H3,(H,40,43)(H,41,44)/b21-19-,22-20-. The summed E-state index contributed by atoms with van der Waals surface area (Å²) < 4.78 is 0. The second-order valence-corrected chi connectivity index (χ2v) is 12.9. The van der Waals surface area contributed by atoms with E-state index in [1.807, 2.05) is 0 Å². The summed E-state index contributed by atoms with van der Waals surface area (Å²) in [4.78, 5) is 24.9. The highest BCUT2D eigenvalue weighted by molar-refractivity contribution is 5.77. The summed E-state index contributed by atoms with van der Waals surface area (Å²) in [7, 11) is 0. The van der Waals surface area contributed by atoms with Crippen LogP contribution in [0.1, 0.15) is 207 Å². The van der Waals surface area contributed by atoms with E-state index in [2.05, 4.69) is 55.9 Å². The van der Waals surface area contributed by atoms with Gasteiger partial charge in [-0.3, -0.25) is 20.4 Å². The van der Waals surface area contributed by atoms with Gasteiger partial charge in [-0.1, -0.05) is 148 Å². The Kier molecular flexibility index (Phi) is 34.5. The summed E-state index contributed by atoms with van der Waals surface area (Å²) >= 11 is 0. The Balaban J connectivity index is 3.70. The van der Waals surface area contributed by atoms with E-state index in [0.717, 1.165) is 32.1 Å². The largest absolute Gasteiger partial charge is 0.274 e. The molecule has 0 saturated carbocycles. The zero-order chi connectivity index (χ0) is 32.2. The monoisotopic (exact) mass is 618 g/mol. The Morgan fingerprint density at radius 1 is 0.409 bits per heavy atom. The van der Waals surface area contributed by atoms with Crippen LogP contribution >= 0.6 is 0 Å². The number of hydrogen-bond acceptors (Lipinski definition) is 3. The maximum absolute atomic E-state index is 12.4. The van der Waals surface area contributed by atoms with E-state index in [1.54, 1.807) is 5.12 Å². The third kappa shape index (κ3) is 33.3. The molecule has 0 spiro atoms. The highest BCUT2D eigenvalue weighted by Crippen LogP contribution is 2.12. The van der Waals surface area contributed by atoms with Crippen LogP contribution < -0.4 is 10.9 Å². The fourth-order valence-electron chi connectivity index (χ4n) is 5.49. The van der Waals surface area contributed by atoms with Gasteiger partial charge in [0.1, 0.15) is 0 Å². The number of carbonyl (C=O) groups excluding carboxylic acids is 2. The first kappa shape index (κ1) is 42.4. The van der Waals surface area contributed by atoms with Crippen molar-refractivity contribution in [3.63, 3.8) is 0 Å². The summed E-state index contributed by atoms with van der Waals surface area (Å²) in [5.74, 6) is -0.00481. The summed E-state index contributed by atoms with van der Waals surface area (Å²) in [5.41, 5.74) is 5.80. The van der Waals surface area contributed by atoms with E-state index < -0.39 is 0 Å². The first-order chi connectivity index (χ1) is 21.6. The zero-order valence-corrected chi connectivity index (χ0v) is 29.8. The number of nitrogens with one attached hydrogen (secondary N) is 2. The molecule has 2 amide bonds. The van der Waals surface area contributed by atoms with Crippen LogP contribution in [0, 0.1) is 0 Å². The molecule has 0 heterocycles.